The molecule has 1 aromatic heterocycles. The molecule has 0 N–H and O–H groups in total. The molecule has 1 saturated carbocycles. The number of tetrazole rings is 1. The van der Waals surface area contributed by atoms with Crippen LogP contribution in [0.2, 0.25) is 0 Å². The summed E-state index contributed by atoms with van der Waals surface area (Å²) < 4.78 is 6.71. The Hall–Kier alpha value is -2.28. The van der Waals surface area contributed by atoms with E-state index in [-0.39, 0.29) is 11.5 Å². The number of nitrogens with zero attached hydrogens (tertiary/aromatic N) is 5. The zero-order chi connectivity index (χ0) is 18.0. The third-order valence-corrected chi connectivity index (χ3v) is 5.82. The molecular weight excluding hydrogens is 330 g/mol. The van der Waals surface area contributed by atoms with Crippen molar-refractivity contribution < 1.29 is 9.53 Å². The van der Waals surface area contributed by atoms with Crippen LogP contribution in [-0.4, -0.2) is 51.3 Å². The van der Waals surface area contributed by atoms with Crippen molar-refractivity contribution in [2.24, 2.45) is 0 Å². The van der Waals surface area contributed by atoms with E-state index in [1.807, 2.05) is 18.2 Å². The molecule has 1 aromatic carbocycles. The quantitative estimate of drug-likeness (QED) is 0.785. The summed E-state index contributed by atoms with van der Waals surface area (Å²) in [7, 11) is 1.40. The van der Waals surface area contributed by atoms with Crippen LogP contribution in [0.3, 0.4) is 0 Å². The Labute approximate surface area is 153 Å². The van der Waals surface area contributed by atoms with Crippen molar-refractivity contribution in [3.05, 3.63) is 35.7 Å². The summed E-state index contributed by atoms with van der Waals surface area (Å²) in [5, 5.41) is 12.7. The highest BCUT2D eigenvalue weighted by atomic mass is 16.5. The molecule has 0 amide bonds. The van der Waals surface area contributed by atoms with Crippen LogP contribution in [0.4, 0.5) is 0 Å². The first-order chi connectivity index (χ1) is 12.8. The zero-order valence-electron chi connectivity index (χ0n) is 15.2. The molecule has 0 spiro atoms. The van der Waals surface area contributed by atoms with Crippen LogP contribution >= 0.6 is 0 Å². The van der Waals surface area contributed by atoms with Crippen molar-refractivity contribution in [3.63, 3.8) is 0 Å². The second-order valence-corrected chi connectivity index (χ2v) is 7.21. The molecule has 2 aliphatic rings. The number of methoxy groups -OCH3 is 1. The molecule has 2 heterocycles. The van der Waals surface area contributed by atoms with E-state index >= 15 is 0 Å². The molecule has 1 aliphatic heterocycles. The van der Waals surface area contributed by atoms with Gasteiger partial charge in [-0.3, -0.25) is 4.90 Å². The summed E-state index contributed by atoms with van der Waals surface area (Å²) in [4.78, 5) is 14.8. The van der Waals surface area contributed by atoms with Gasteiger partial charge in [0.1, 0.15) is 0 Å². The molecule has 0 radical (unpaired) electrons. The maximum atomic E-state index is 12.2. The first-order valence-electron chi connectivity index (χ1n) is 9.48. The monoisotopic (exact) mass is 355 g/mol. The average molecular weight is 355 g/mol. The topological polar surface area (TPSA) is 73.1 Å². The second-order valence-electron chi connectivity index (χ2n) is 7.21. The molecule has 7 heteroatoms. The fourth-order valence-electron chi connectivity index (χ4n) is 4.54. The van der Waals surface area contributed by atoms with E-state index in [1.54, 1.807) is 10.7 Å². The Morgan fingerprint density at radius 2 is 1.81 bits per heavy atom. The summed E-state index contributed by atoms with van der Waals surface area (Å²) in [5.74, 6) is 0.483. The summed E-state index contributed by atoms with van der Waals surface area (Å²) in [6.45, 7) is 2.18. The normalized spacial score (nSPS) is 20.2. The third-order valence-electron chi connectivity index (χ3n) is 5.82. The first-order valence-corrected chi connectivity index (χ1v) is 9.48. The van der Waals surface area contributed by atoms with Gasteiger partial charge in [0.15, 0.2) is 5.82 Å². The Bertz CT molecular complexity index is 776. The molecule has 0 unspecified atom stereocenters. The number of para-hydroxylation sites is 1. The van der Waals surface area contributed by atoms with Crippen LogP contribution in [0.5, 0.6) is 0 Å². The smallest absolute Gasteiger partial charge is 0.340 e. The van der Waals surface area contributed by atoms with E-state index in [4.69, 9.17) is 4.74 Å². The number of rotatable bonds is 4. The summed E-state index contributed by atoms with van der Waals surface area (Å²) in [6, 6.07) is 7.37. The van der Waals surface area contributed by atoms with Gasteiger partial charge in [0.05, 0.1) is 23.9 Å². The van der Waals surface area contributed by atoms with Crippen molar-refractivity contribution in [2.75, 3.05) is 20.2 Å². The standard InChI is InChI=1S/C19H25N5O2/c1-26-17(25)15-9-3-4-10-16(15)24-18(20-21-22-24)19(11-5-2-6-12-19)23-13-7-8-14-23/h3-4,9-10H,2,5-8,11-14H2,1H3. The van der Waals surface area contributed by atoms with Crippen molar-refractivity contribution in [3.8, 4) is 5.69 Å². The first kappa shape index (κ1) is 17.1. The lowest BCUT2D eigenvalue weighted by Crippen LogP contribution is -2.48. The molecule has 4 rings (SSSR count). The number of likely N-dealkylation sites (tertiary alicyclic amines) is 1. The summed E-state index contributed by atoms with van der Waals surface area (Å²) >= 11 is 0. The highest BCUT2D eigenvalue weighted by Gasteiger charge is 2.45. The van der Waals surface area contributed by atoms with Gasteiger partial charge >= 0.3 is 5.97 Å². The molecule has 26 heavy (non-hydrogen) atoms. The number of carbonyl (C=O) groups excluding carboxylic acids is 1. The van der Waals surface area contributed by atoms with E-state index in [0.717, 1.165) is 31.8 Å². The third kappa shape index (κ3) is 2.80. The minimum atomic E-state index is -0.374. The van der Waals surface area contributed by atoms with E-state index in [2.05, 4.69) is 20.4 Å². The molecule has 1 saturated heterocycles. The predicted octanol–water partition coefficient (Wildman–Crippen LogP) is 2.70. The van der Waals surface area contributed by atoms with Crippen molar-refractivity contribution in [1.82, 2.24) is 25.1 Å². The molecular formula is C19H25N5O2. The van der Waals surface area contributed by atoms with Crippen LogP contribution in [0.15, 0.2) is 24.3 Å². The largest absolute Gasteiger partial charge is 0.465 e. The van der Waals surface area contributed by atoms with Gasteiger partial charge in [-0.15, -0.1) is 5.10 Å². The molecule has 138 valence electrons. The highest BCUT2D eigenvalue weighted by Crippen LogP contribution is 2.43. The molecule has 2 fully saturated rings. The maximum absolute atomic E-state index is 12.2. The van der Waals surface area contributed by atoms with Gasteiger partial charge in [-0.25, -0.2) is 4.79 Å². The number of hydrogen-bond acceptors (Lipinski definition) is 6. The van der Waals surface area contributed by atoms with Gasteiger partial charge in [0.25, 0.3) is 0 Å². The number of esters is 1. The number of benzene rings is 1. The van der Waals surface area contributed by atoms with Crippen LogP contribution in [0.1, 0.15) is 61.1 Å². The van der Waals surface area contributed by atoms with Gasteiger partial charge in [-0.05, 0) is 61.3 Å². The summed E-state index contributed by atoms with van der Waals surface area (Å²) in [5.41, 5.74) is 1.03. The predicted molar refractivity (Wildman–Crippen MR) is 96.1 cm³/mol. The van der Waals surface area contributed by atoms with Crippen molar-refractivity contribution in [1.29, 1.82) is 0 Å². The van der Waals surface area contributed by atoms with Gasteiger partial charge in [0.2, 0.25) is 0 Å². The van der Waals surface area contributed by atoms with Crippen LogP contribution in [0, 0.1) is 0 Å². The Balaban J connectivity index is 1.82. The van der Waals surface area contributed by atoms with Gasteiger partial charge in [-0.1, -0.05) is 31.4 Å². The number of ether oxygens (including phenoxy) is 1. The van der Waals surface area contributed by atoms with E-state index < -0.39 is 0 Å². The lowest BCUT2D eigenvalue weighted by Gasteiger charge is -2.43. The SMILES string of the molecule is COC(=O)c1ccccc1-n1nnnc1C1(N2CCCC2)CCCCC1. The molecule has 0 atom stereocenters. The second kappa shape index (κ2) is 7.15. The molecule has 2 aromatic rings. The van der Waals surface area contributed by atoms with Gasteiger partial charge in [0, 0.05) is 0 Å². The number of aromatic nitrogens is 4. The van der Waals surface area contributed by atoms with Crippen LogP contribution < -0.4 is 0 Å². The van der Waals surface area contributed by atoms with Gasteiger partial charge in [-0.2, -0.15) is 4.68 Å². The Kier molecular flexibility index (Phi) is 4.72. The van der Waals surface area contributed by atoms with Crippen LogP contribution in [0.25, 0.3) is 5.69 Å². The molecule has 7 nitrogen and oxygen atoms in total. The average Bonchev–Trinajstić information content (AvgIpc) is 3.40. The minimum absolute atomic E-state index is 0.137. The highest BCUT2D eigenvalue weighted by molar-refractivity contribution is 5.93. The van der Waals surface area contributed by atoms with E-state index in [9.17, 15) is 4.79 Å². The van der Waals surface area contributed by atoms with E-state index in [1.165, 1.54) is 39.2 Å². The lowest BCUT2D eigenvalue weighted by atomic mass is 9.79. The fraction of sp³-hybridized carbons (Fsp3) is 0.579. The van der Waals surface area contributed by atoms with Crippen LogP contribution in [-0.2, 0) is 10.3 Å². The fourth-order valence-corrected chi connectivity index (χ4v) is 4.54. The Morgan fingerprint density at radius 1 is 1.08 bits per heavy atom. The number of hydrogen-bond donors (Lipinski definition) is 0. The molecule has 0 bridgehead atoms. The van der Waals surface area contributed by atoms with Crippen molar-refractivity contribution in [2.45, 2.75) is 50.5 Å². The Morgan fingerprint density at radius 3 is 2.54 bits per heavy atom. The minimum Gasteiger partial charge on any atom is -0.465 e. The van der Waals surface area contributed by atoms with E-state index in [0.29, 0.717) is 11.3 Å². The zero-order valence-corrected chi connectivity index (χ0v) is 15.2. The van der Waals surface area contributed by atoms with Crippen molar-refractivity contribution >= 4 is 5.97 Å². The van der Waals surface area contributed by atoms with Gasteiger partial charge < -0.3 is 4.74 Å². The molecule has 1 aliphatic carbocycles. The lowest BCUT2D eigenvalue weighted by molar-refractivity contribution is 0.0581. The maximum Gasteiger partial charge on any atom is 0.340 e. The summed E-state index contributed by atoms with van der Waals surface area (Å²) in [6.07, 6.45) is 8.20. The number of carbonyl (C=O) groups is 1.